The number of pyridine rings is 1. The van der Waals surface area contributed by atoms with Gasteiger partial charge in [-0.25, -0.2) is 9.97 Å². The minimum absolute atomic E-state index is 0.542. The van der Waals surface area contributed by atoms with Gasteiger partial charge in [0.2, 0.25) is 0 Å². The maximum atomic E-state index is 5.31. The highest BCUT2D eigenvalue weighted by Gasteiger charge is 2.48. The molecule has 1 aliphatic rings. The van der Waals surface area contributed by atoms with Gasteiger partial charge in [-0.15, -0.1) is 0 Å². The summed E-state index contributed by atoms with van der Waals surface area (Å²) in [6, 6.07) is 81.0. The molecule has 2 heterocycles. The fourth-order valence-corrected chi connectivity index (χ4v) is 10.1. The minimum Gasteiger partial charge on any atom is -0.264 e. The van der Waals surface area contributed by atoms with Crippen molar-refractivity contribution in [1.29, 1.82) is 0 Å². The average molecular weight is 802 g/mol. The first-order valence-electron chi connectivity index (χ1n) is 21.5. The van der Waals surface area contributed by atoms with Crippen LogP contribution in [0.3, 0.4) is 0 Å². The number of hydrogen-bond donors (Lipinski definition) is 0. The molecule has 294 valence electrons. The lowest BCUT2D eigenvalue weighted by molar-refractivity contribution is 0.775. The number of benzene rings is 9. The maximum Gasteiger partial charge on any atom is 0.160 e. The van der Waals surface area contributed by atoms with Crippen LogP contribution in [0.25, 0.3) is 88.8 Å². The van der Waals surface area contributed by atoms with Crippen LogP contribution in [0.1, 0.15) is 22.3 Å². The summed E-state index contributed by atoms with van der Waals surface area (Å²) in [6.45, 7) is 0. The van der Waals surface area contributed by atoms with Gasteiger partial charge in [-0.2, -0.15) is 0 Å². The zero-order chi connectivity index (χ0) is 41.7. The molecule has 2 aromatic heterocycles. The molecule has 63 heavy (non-hydrogen) atoms. The van der Waals surface area contributed by atoms with Crippen LogP contribution in [0, 0.1) is 0 Å². The molecule has 3 nitrogen and oxygen atoms in total. The summed E-state index contributed by atoms with van der Waals surface area (Å²) in [4.78, 5) is 14.9. The maximum absolute atomic E-state index is 5.31. The molecular weight excluding hydrogens is 763 g/mol. The molecule has 0 bridgehead atoms. The van der Waals surface area contributed by atoms with Crippen molar-refractivity contribution < 1.29 is 0 Å². The zero-order valence-corrected chi connectivity index (χ0v) is 34.4. The van der Waals surface area contributed by atoms with Crippen molar-refractivity contribution in [2.24, 2.45) is 0 Å². The van der Waals surface area contributed by atoms with Gasteiger partial charge in [-0.3, -0.25) is 4.98 Å². The molecule has 0 radical (unpaired) electrons. The van der Waals surface area contributed by atoms with Crippen molar-refractivity contribution in [2.75, 3.05) is 0 Å². The molecule has 9 aromatic carbocycles. The molecule has 0 N–H and O–H groups in total. The first-order chi connectivity index (χ1) is 31.3. The Labute approximate surface area is 366 Å². The van der Waals surface area contributed by atoms with Gasteiger partial charge in [0.25, 0.3) is 0 Å². The zero-order valence-electron chi connectivity index (χ0n) is 34.4. The summed E-state index contributed by atoms with van der Waals surface area (Å²) in [5, 5.41) is 4.81. The number of nitrogens with zero attached hydrogens (tertiary/aromatic N) is 3. The van der Waals surface area contributed by atoms with E-state index >= 15 is 0 Å². The van der Waals surface area contributed by atoms with E-state index in [1.54, 1.807) is 6.20 Å². The van der Waals surface area contributed by atoms with Gasteiger partial charge < -0.3 is 0 Å². The molecule has 0 amide bonds. The summed E-state index contributed by atoms with van der Waals surface area (Å²) in [7, 11) is 0. The summed E-state index contributed by atoms with van der Waals surface area (Å²) in [6.07, 6.45) is 3.71. The van der Waals surface area contributed by atoms with Crippen molar-refractivity contribution >= 4 is 21.5 Å². The van der Waals surface area contributed by atoms with Crippen molar-refractivity contribution in [1.82, 2.24) is 15.0 Å². The molecule has 0 fully saturated rings. The molecule has 0 unspecified atom stereocenters. The third kappa shape index (κ3) is 5.93. The Morgan fingerprint density at radius 1 is 0.349 bits per heavy atom. The van der Waals surface area contributed by atoms with Crippen molar-refractivity contribution in [3.63, 3.8) is 0 Å². The van der Waals surface area contributed by atoms with Gasteiger partial charge in [0.05, 0.1) is 16.8 Å². The van der Waals surface area contributed by atoms with E-state index in [4.69, 9.17) is 9.97 Å². The van der Waals surface area contributed by atoms with Crippen LogP contribution in [0.4, 0.5) is 0 Å². The topological polar surface area (TPSA) is 38.7 Å². The SMILES string of the molecule is c1ccc(-c2nc(-c3cccc(-c4cccnc4)c3)cc(-c3ccc(-c4cccc5c4-c4ccc6ccccc6c4C5(c4ccccc4)c4ccccc4)c4ccccc34)n2)cc1. The van der Waals surface area contributed by atoms with Gasteiger partial charge in [-0.05, 0) is 89.8 Å². The predicted molar refractivity (Wildman–Crippen MR) is 259 cm³/mol. The van der Waals surface area contributed by atoms with E-state index in [-0.39, 0.29) is 0 Å². The monoisotopic (exact) mass is 801 g/mol. The molecule has 0 spiro atoms. The van der Waals surface area contributed by atoms with E-state index in [1.807, 2.05) is 30.5 Å². The van der Waals surface area contributed by atoms with Crippen molar-refractivity contribution in [2.45, 2.75) is 5.41 Å². The second kappa shape index (κ2) is 15.0. The summed E-state index contributed by atoms with van der Waals surface area (Å²) in [5.41, 5.74) is 16.4. The first-order valence-corrected chi connectivity index (χ1v) is 21.5. The minimum atomic E-state index is -0.542. The van der Waals surface area contributed by atoms with Crippen LogP contribution in [-0.4, -0.2) is 15.0 Å². The van der Waals surface area contributed by atoms with Gasteiger partial charge in [0.15, 0.2) is 5.82 Å². The summed E-state index contributed by atoms with van der Waals surface area (Å²) in [5.74, 6) is 0.686. The molecule has 12 rings (SSSR count). The van der Waals surface area contributed by atoms with E-state index in [0.29, 0.717) is 5.82 Å². The Bertz CT molecular complexity index is 3450. The predicted octanol–water partition coefficient (Wildman–Crippen LogP) is 14.9. The highest BCUT2D eigenvalue weighted by atomic mass is 14.9. The Morgan fingerprint density at radius 3 is 1.68 bits per heavy atom. The molecule has 0 aliphatic heterocycles. The average Bonchev–Trinajstić information content (AvgIpc) is 3.69. The lowest BCUT2D eigenvalue weighted by Gasteiger charge is -2.34. The molecule has 0 atom stereocenters. The van der Waals surface area contributed by atoms with Crippen LogP contribution in [-0.2, 0) is 5.41 Å². The third-order valence-corrected chi connectivity index (χ3v) is 12.9. The molecular formula is C60H39N3. The fourth-order valence-electron chi connectivity index (χ4n) is 10.1. The Kier molecular flexibility index (Phi) is 8.72. The highest BCUT2D eigenvalue weighted by molar-refractivity contribution is 6.10. The molecule has 0 saturated carbocycles. The van der Waals surface area contributed by atoms with Crippen LogP contribution in [0.2, 0.25) is 0 Å². The largest absolute Gasteiger partial charge is 0.264 e. The second-order valence-electron chi connectivity index (χ2n) is 16.3. The standard InChI is InChI=1S/C60H39N3/c1-4-18-41(19-5-1)59-62-55(43-21-14-20-42(37-43)44-22-16-36-61-39-44)38-56(63-59)51-35-34-50(48-28-12-13-29-49(48)51)52-30-15-31-54-57(52)53-33-32-40-17-10-11-27-47(40)58(53)60(54,45-23-6-2-7-24-45)46-25-8-3-9-26-46/h1-39H. The highest BCUT2D eigenvalue weighted by Crippen LogP contribution is 2.60. The lowest BCUT2D eigenvalue weighted by atomic mass is 9.66. The smallest absolute Gasteiger partial charge is 0.160 e. The van der Waals surface area contributed by atoms with Gasteiger partial charge in [-0.1, -0.05) is 206 Å². The molecule has 0 saturated heterocycles. The van der Waals surface area contributed by atoms with Gasteiger partial charge in [0.1, 0.15) is 0 Å². The second-order valence-corrected chi connectivity index (χ2v) is 16.3. The van der Waals surface area contributed by atoms with Crippen LogP contribution in [0.5, 0.6) is 0 Å². The quantitative estimate of drug-likeness (QED) is 0.161. The normalized spacial score (nSPS) is 12.6. The van der Waals surface area contributed by atoms with E-state index in [1.165, 1.54) is 60.7 Å². The van der Waals surface area contributed by atoms with Crippen molar-refractivity contribution in [3.8, 4) is 67.3 Å². The molecule has 11 aromatic rings. The Hall–Kier alpha value is -8.27. The fraction of sp³-hybridized carbons (Fsp3) is 0.0167. The van der Waals surface area contributed by atoms with Gasteiger partial charge in [0, 0.05) is 34.6 Å². The van der Waals surface area contributed by atoms with Crippen molar-refractivity contribution in [3.05, 3.63) is 259 Å². The summed E-state index contributed by atoms with van der Waals surface area (Å²) < 4.78 is 0. The van der Waals surface area contributed by atoms with E-state index in [9.17, 15) is 0 Å². The number of rotatable bonds is 7. The van der Waals surface area contributed by atoms with Gasteiger partial charge >= 0.3 is 0 Å². The van der Waals surface area contributed by atoms with Crippen LogP contribution in [0.15, 0.2) is 237 Å². The summed E-state index contributed by atoms with van der Waals surface area (Å²) >= 11 is 0. The lowest BCUT2D eigenvalue weighted by Crippen LogP contribution is -2.28. The molecule has 3 heteroatoms. The Balaban J connectivity index is 1.09. The van der Waals surface area contributed by atoms with Crippen LogP contribution >= 0.6 is 0 Å². The Morgan fingerprint density at radius 2 is 0.937 bits per heavy atom. The van der Waals surface area contributed by atoms with E-state index in [0.717, 1.165) is 44.6 Å². The third-order valence-electron chi connectivity index (χ3n) is 12.9. The number of fused-ring (bicyclic) bond motifs is 6. The number of aromatic nitrogens is 3. The van der Waals surface area contributed by atoms with E-state index in [2.05, 4.69) is 205 Å². The van der Waals surface area contributed by atoms with E-state index < -0.39 is 5.41 Å². The molecule has 1 aliphatic carbocycles. The first kappa shape index (κ1) is 36.6. The van der Waals surface area contributed by atoms with Crippen LogP contribution < -0.4 is 0 Å². The number of hydrogen-bond acceptors (Lipinski definition) is 3.